The van der Waals surface area contributed by atoms with Crippen LogP contribution in [0.4, 0.5) is 0 Å². The third-order valence-electron chi connectivity index (χ3n) is 2.92. The van der Waals surface area contributed by atoms with E-state index in [0.717, 1.165) is 11.3 Å². The van der Waals surface area contributed by atoms with Gasteiger partial charge in [-0.2, -0.15) is 5.10 Å². The minimum Gasteiger partial charge on any atom is -0.384 e. The Morgan fingerprint density at radius 3 is 2.56 bits per heavy atom. The molecule has 2 aromatic rings. The van der Waals surface area contributed by atoms with Crippen LogP contribution < -0.4 is 0 Å². The highest BCUT2D eigenvalue weighted by molar-refractivity contribution is 5.21. The predicted molar refractivity (Wildman–Crippen MR) is 69.0 cm³/mol. The molecule has 0 radical (unpaired) electrons. The maximum atomic E-state index is 10.4. The molecule has 0 saturated carbocycles. The zero-order chi connectivity index (χ0) is 13.0. The van der Waals surface area contributed by atoms with E-state index in [0.29, 0.717) is 6.61 Å². The molecule has 2 atom stereocenters. The van der Waals surface area contributed by atoms with E-state index in [-0.39, 0.29) is 6.10 Å². The fourth-order valence-corrected chi connectivity index (χ4v) is 2.02. The van der Waals surface area contributed by atoms with Crippen LogP contribution >= 0.6 is 0 Å². The molecule has 1 heterocycles. The summed E-state index contributed by atoms with van der Waals surface area (Å²) < 4.78 is 7.34. The van der Waals surface area contributed by atoms with Crippen molar-refractivity contribution < 1.29 is 9.84 Å². The minimum atomic E-state index is -0.722. The first kappa shape index (κ1) is 12.8. The van der Waals surface area contributed by atoms with Gasteiger partial charge in [0, 0.05) is 19.9 Å². The number of hydrogen-bond acceptors (Lipinski definition) is 3. The van der Waals surface area contributed by atoms with Gasteiger partial charge in [0.2, 0.25) is 0 Å². The topological polar surface area (TPSA) is 47.3 Å². The number of nitrogens with zero attached hydrogens (tertiary/aromatic N) is 2. The lowest BCUT2D eigenvalue weighted by Crippen LogP contribution is -2.17. The third kappa shape index (κ3) is 2.60. The molecule has 96 valence electrons. The first-order valence-electron chi connectivity index (χ1n) is 6.06. The van der Waals surface area contributed by atoms with Crippen molar-refractivity contribution >= 4 is 0 Å². The summed E-state index contributed by atoms with van der Waals surface area (Å²) in [6, 6.07) is 11.6. The summed E-state index contributed by atoms with van der Waals surface area (Å²) in [6.07, 6.45) is 0.582. The van der Waals surface area contributed by atoms with Crippen molar-refractivity contribution in [2.24, 2.45) is 7.05 Å². The van der Waals surface area contributed by atoms with E-state index < -0.39 is 6.10 Å². The van der Waals surface area contributed by atoms with Gasteiger partial charge in [0.1, 0.15) is 12.2 Å². The quantitative estimate of drug-likeness (QED) is 0.880. The van der Waals surface area contributed by atoms with Crippen LogP contribution in [0.25, 0.3) is 0 Å². The monoisotopic (exact) mass is 246 g/mol. The van der Waals surface area contributed by atoms with Gasteiger partial charge < -0.3 is 9.84 Å². The number of aromatic nitrogens is 2. The van der Waals surface area contributed by atoms with Crippen LogP contribution in [0, 0.1) is 0 Å². The van der Waals surface area contributed by atoms with Crippen molar-refractivity contribution in [3.63, 3.8) is 0 Å². The van der Waals surface area contributed by atoms with Gasteiger partial charge in [0.15, 0.2) is 0 Å². The van der Waals surface area contributed by atoms with Crippen LogP contribution in [0.3, 0.4) is 0 Å². The maximum Gasteiger partial charge on any atom is 0.126 e. The van der Waals surface area contributed by atoms with Crippen LogP contribution in [-0.4, -0.2) is 21.5 Å². The summed E-state index contributed by atoms with van der Waals surface area (Å²) in [4.78, 5) is 0. The highest BCUT2D eigenvalue weighted by atomic mass is 16.5. The van der Waals surface area contributed by atoms with Gasteiger partial charge >= 0.3 is 0 Å². The summed E-state index contributed by atoms with van der Waals surface area (Å²) >= 11 is 0. The Balaban J connectivity index is 2.28. The molecule has 2 unspecified atom stereocenters. The van der Waals surface area contributed by atoms with Crippen LogP contribution in [0.2, 0.25) is 0 Å². The number of aliphatic hydroxyl groups excluding tert-OH is 1. The Hall–Kier alpha value is -1.65. The van der Waals surface area contributed by atoms with Crippen molar-refractivity contribution in [3.05, 3.63) is 53.9 Å². The highest BCUT2D eigenvalue weighted by Crippen LogP contribution is 2.31. The van der Waals surface area contributed by atoms with E-state index in [1.165, 1.54) is 0 Å². The molecular weight excluding hydrogens is 228 g/mol. The SMILES string of the molecule is CCOC(c1ccccc1)C(O)c1ccnn1C. The average Bonchev–Trinajstić information content (AvgIpc) is 2.82. The lowest BCUT2D eigenvalue weighted by molar-refractivity contribution is -0.0394. The number of aryl methyl sites for hydroxylation is 1. The lowest BCUT2D eigenvalue weighted by Gasteiger charge is -2.23. The van der Waals surface area contributed by atoms with Crippen molar-refractivity contribution in [2.75, 3.05) is 6.61 Å². The minimum absolute atomic E-state index is 0.369. The van der Waals surface area contributed by atoms with Gasteiger partial charge in [-0.25, -0.2) is 0 Å². The van der Waals surface area contributed by atoms with Crippen molar-refractivity contribution in [1.29, 1.82) is 0 Å². The van der Waals surface area contributed by atoms with Gasteiger partial charge in [-0.15, -0.1) is 0 Å². The molecule has 1 N–H and O–H groups in total. The Bertz CT molecular complexity index is 482. The van der Waals surface area contributed by atoms with Crippen LogP contribution in [0.1, 0.15) is 30.4 Å². The molecule has 0 fully saturated rings. The zero-order valence-corrected chi connectivity index (χ0v) is 10.7. The standard InChI is InChI=1S/C14H18N2O2/c1-3-18-14(11-7-5-4-6-8-11)13(17)12-9-10-15-16(12)2/h4-10,13-14,17H,3H2,1-2H3. The van der Waals surface area contributed by atoms with Gasteiger partial charge in [-0.1, -0.05) is 30.3 Å². The van der Waals surface area contributed by atoms with Gasteiger partial charge in [-0.3, -0.25) is 4.68 Å². The Kier molecular flexibility index (Phi) is 4.12. The molecular formula is C14H18N2O2. The number of benzene rings is 1. The Morgan fingerprint density at radius 1 is 1.28 bits per heavy atom. The van der Waals surface area contributed by atoms with E-state index >= 15 is 0 Å². The van der Waals surface area contributed by atoms with Crippen LogP contribution in [0.5, 0.6) is 0 Å². The summed E-state index contributed by atoms with van der Waals surface area (Å²) in [6.45, 7) is 2.47. The molecule has 0 saturated heterocycles. The molecule has 4 heteroatoms. The second-order valence-electron chi connectivity index (χ2n) is 4.11. The first-order valence-corrected chi connectivity index (χ1v) is 6.06. The second-order valence-corrected chi connectivity index (χ2v) is 4.11. The molecule has 2 rings (SSSR count). The average molecular weight is 246 g/mol. The molecule has 0 bridgehead atoms. The molecule has 1 aromatic heterocycles. The Morgan fingerprint density at radius 2 is 2.00 bits per heavy atom. The largest absolute Gasteiger partial charge is 0.384 e. The number of hydrogen-bond donors (Lipinski definition) is 1. The highest BCUT2D eigenvalue weighted by Gasteiger charge is 2.25. The van der Waals surface area contributed by atoms with Crippen molar-refractivity contribution in [3.8, 4) is 0 Å². The zero-order valence-electron chi connectivity index (χ0n) is 10.7. The van der Waals surface area contributed by atoms with E-state index in [2.05, 4.69) is 5.10 Å². The van der Waals surface area contributed by atoms with Gasteiger partial charge in [0.05, 0.1) is 5.69 Å². The van der Waals surface area contributed by atoms with Crippen LogP contribution in [-0.2, 0) is 11.8 Å². The van der Waals surface area contributed by atoms with Crippen molar-refractivity contribution in [2.45, 2.75) is 19.1 Å². The molecule has 0 aliphatic carbocycles. The van der Waals surface area contributed by atoms with Gasteiger partial charge in [-0.05, 0) is 18.6 Å². The van der Waals surface area contributed by atoms with Gasteiger partial charge in [0.25, 0.3) is 0 Å². The lowest BCUT2D eigenvalue weighted by atomic mass is 10.0. The molecule has 4 nitrogen and oxygen atoms in total. The summed E-state index contributed by atoms with van der Waals surface area (Å²) in [5, 5.41) is 14.5. The molecule has 0 spiro atoms. The summed E-state index contributed by atoms with van der Waals surface area (Å²) in [5.41, 5.74) is 1.71. The van der Waals surface area contributed by atoms with E-state index in [9.17, 15) is 5.11 Å². The second kappa shape index (κ2) is 5.80. The Labute approximate surface area is 107 Å². The smallest absolute Gasteiger partial charge is 0.126 e. The molecule has 0 aliphatic heterocycles. The maximum absolute atomic E-state index is 10.4. The molecule has 1 aromatic carbocycles. The number of ether oxygens (including phenoxy) is 1. The predicted octanol–water partition coefficient (Wildman–Crippen LogP) is 2.23. The van der Waals surface area contributed by atoms with Crippen LogP contribution in [0.15, 0.2) is 42.6 Å². The normalized spacial score (nSPS) is 14.4. The number of rotatable bonds is 5. The molecule has 0 amide bonds. The first-order chi connectivity index (χ1) is 8.74. The summed E-state index contributed by atoms with van der Waals surface area (Å²) in [7, 11) is 1.81. The molecule has 18 heavy (non-hydrogen) atoms. The fraction of sp³-hybridized carbons (Fsp3) is 0.357. The fourth-order valence-electron chi connectivity index (χ4n) is 2.02. The van der Waals surface area contributed by atoms with Crippen molar-refractivity contribution in [1.82, 2.24) is 9.78 Å². The van der Waals surface area contributed by atoms with E-state index in [4.69, 9.17) is 4.74 Å². The van der Waals surface area contributed by atoms with E-state index in [1.807, 2.05) is 44.3 Å². The third-order valence-corrected chi connectivity index (χ3v) is 2.92. The molecule has 0 aliphatic rings. The summed E-state index contributed by atoms with van der Waals surface area (Å²) in [5.74, 6) is 0. The number of aliphatic hydroxyl groups is 1. The van der Waals surface area contributed by atoms with E-state index in [1.54, 1.807) is 16.9 Å².